The minimum atomic E-state index is 0.272. The molecule has 1 unspecified atom stereocenters. The van der Waals surface area contributed by atoms with E-state index in [0.29, 0.717) is 12.0 Å². The van der Waals surface area contributed by atoms with Gasteiger partial charge in [-0.05, 0) is 62.1 Å². The Morgan fingerprint density at radius 2 is 2.15 bits per heavy atom. The fourth-order valence-corrected chi connectivity index (χ4v) is 4.08. The monoisotopic (exact) mass is 292 g/mol. The first-order valence-corrected chi connectivity index (χ1v) is 8.80. The second kappa shape index (κ2) is 6.72. The third-order valence-corrected chi connectivity index (χ3v) is 5.57. The molecule has 0 aliphatic heterocycles. The van der Waals surface area contributed by atoms with Crippen molar-refractivity contribution in [2.24, 2.45) is 5.92 Å². The molecule has 0 bridgehead atoms. The second-order valence-corrected chi connectivity index (χ2v) is 6.97. The zero-order chi connectivity index (χ0) is 13.8. The van der Waals surface area contributed by atoms with Crippen LogP contribution >= 0.6 is 11.3 Å². The zero-order valence-corrected chi connectivity index (χ0v) is 12.8. The van der Waals surface area contributed by atoms with Crippen LogP contribution in [0, 0.1) is 5.92 Å². The van der Waals surface area contributed by atoms with Gasteiger partial charge in [-0.3, -0.25) is 4.79 Å². The van der Waals surface area contributed by atoms with Crippen LogP contribution in [-0.2, 0) is 11.2 Å². The summed E-state index contributed by atoms with van der Waals surface area (Å²) in [5.41, 5.74) is 1.51. The summed E-state index contributed by atoms with van der Waals surface area (Å²) in [6.07, 6.45) is 8.23. The standard InChI is InChI=1S/C16H24N2OS/c19-16(12-4-1-5-12)18-10-3-9-17-14-6-2-7-15-13(14)8-11-20-15/h8,11-12,14,17H,1-7,9-10H2,(H,18,19). The van der Waals surface area contributed by atoms with Gasteiger partial charge in [-0.15, -0.1) is 11.3 Å². The van der Waals surface area contributed by atoms with Gasteiger partial charge < -0.3 is 10.6 Å². The normalized spacial score (nSPS) is 22.1. The molecule has 1 amide bonds. The molecule has 0 spiro atoms. The highest BCUT2D eigenvalue weighted by Gasteiger charge is 2.24. The van der Waals surface area contributed by atoms with Gasteiger partial charge in [0.05, 0.1) is 0 Å². The molecule has 1 atom stereocenters. The molecule has 1 fully saturated rings. The van der Waals surface area contributed by atoms with Gasteiger partial charge in [-0.1, -0.05) is 6.42 Å². The van der Waals surface area contributed by atoms with Crippen LogP contribution in [0.3, 0.4) is 0 Å². The number of nitrogens with one attached hydrogen (secondary N) is 2. The maximum Gasteiger partial charge on any atom is 0.223 e. The van der Waals surface area contributed by atoms with E-state index in [0.717, 1.165) is 32.4 Å². The highest BCUT2D eigenvalue weighted by molar-refractivity contribution is 7.10. The van der Waals surface area contributed by atoms with Crippen molar-refractivity contribution < 1.29 is 4.79 Å². The molecule has 3 nitrogen and oxygen atoms in total. The summed E-state index contributed by atoms with van der Waals surface area (Å²) >= 11 is 1.89. The van der Waals surface area contributed by atoms with E-state index in [2.05, 4.69) is 22.1 Å². The highest BCUT2D eigenvalue weighted by atomic mass is 32.1. The summed E-state index contributed by atoms with van der Waals surface area (Å²) in [5.74, 6) is 0.587. The van der Waals surface area contributed by atoms with E-state index in [4.69, 9.17) is 0 Å². The summed E-state index contributed by atoms with van der Waals surface area (Å²) in [5, 5.41) is 8.92. The van der Waals surface area contributed by atoms with Crippen LogP contribution in [-0.4, -0.2) is 19.0 Å². The second-order valence-electron chi connectivity index (χ2n) is 5.97. The first-order valence-electron chi connectivity index (χ1n) is 7.92. The predicted molar refractivity (Wildman–Crippen MR) is 83.0 cm³/mol. The summed E-state index contributed by atoms with van der Waals surface area (Å²) < 4.78 is 0. The van der Waals surface area contributed by atoms with Crippen LogP contribution in [0.2, 0.25) is 0 Å². The third-order valence-electron chi connectivity index (χ3n) is 4.57. The first-order chi connectivity index (χ1) is 9.84. The molecule has 4 heteroatoms. The van der Waals surface area contributed by atoms with Crippen molar-refractivity contribution >= 4 is 17.2 Å². The molecule has 0 aromatic carbocycles. The van der Waals surface area contributed by atoms with E-state index in [1.807, 2.05) is 11.3 Å². The predicted octanol–water partition coefficient (Wildman–Crippen LogP) is 3.02. The number of rotatable bonds is 6. The van der Waals surface area contributed by atoms with Crippen LogP contribution in [0.25, 0.3) is 0 Å². The smallest absolute Gasteiger partial charge is 0.223 e. The molecule has 1 saturated carbocycles. The van der Waals surface area contributed by atoms with E-state index in [-0.39, 0.29) is 5.91 Å². The molecule has 0 radical (unpaired) electrons. The molecule has 20 heavy (non-hydrogen) atoms. The lowest BCUT2D eigenvalue weighted by Crippen LogP contribution is -2.36. The number of thiophene rings is 1. The summed E-state index contributed by atoms with van der Waals surface area (Å²) in [7, 11) is 0. The van der Waals surface area contributed by atoms with Crippen molar-refractivity contribution in [3.05, 3.63) is 21.9 Å². The topological polar surface area (TPSA) is 41.1 Å². The van der Waals surface area contributed by atoms with Crippen LogP contribution < -0.4 is 10.6 Å². The Morgan fingerprint density at radius 3 is 2.95 bits per heavy atom. The Kier molecular flexibility index (Phi) is 4.73. The van der Waals surface area contributed by atoms with Gasteiger partial charge in [0, 0.05) is 23.4 Å². The van der Waals surface area contributed by atoms with Crippen molar-refractivity contribution in [2.75, 3.05) is 13.1 Å². The molecular formula is C16H24N2OS. The number of carbonyl (C=O) groups excluding carboxylic acids is 1. The lowest BCUT2D eigenvalue weighted by atomic mass is 9.85. The SMILES string of the molecule is O=C(NCCCNC1CCCc2sccc21)C1CCC1. The van der Waals surface area contributed by atoms with Crippen molar-refractivity contribution in [3.63, 3.8) is 0 Å². The minimum Gasteiger partial charge on any atom is -0.356 e. The average molecular weight is 292 g/mol. The average Bonchev–Trinajstić information content (AvgIpc) is 2.85. The maximum absolute atomic E-state index is 11.7. The highest BCUT2D eigenvalue weighted by Crippen LogP contribution is 2.33. The molecule has 2 aliphatic carbocycles. The molecule has 2 N–H and O–H groups in total. The molecule has 1 aromatic heterocycles. The number of aryl methyl sites for hydroxylation is 1. The number of fused-ring (bicyclic) bond motifs is 1. The zero-order valence-electron chi connectivity index (χ0n) is 12.0. The van der Waals surface area contributed by atoms with Crippen LogP contribution in [0.5, 0.6) is 0 Å². The van der Waals surface area contributed by atoms with Crippen LogP contribution in [0.4, 0.5) is 0 Å². The first kappa shape index (κ1) is 14.1. The fraction of sp³-hybridized carbons (Fsp3) is 0.688. The number of hydrogen-bond acceptors (Lipinski definition) is 3. The fourth-order valence-electron chi connectivity index (χ4n) is 3.09. The molecule has 3 rings (SSSR count). The largest absolute Gasteiger partial charge is 0.356 e. The van der Waals surface area contributed by atoms with Crippen LogP contribution in [0.1, 0.15) is 55.0 Å². The lowest BCUT2D eigenvalue weighted by molar-refractivity contribution is -0.127. The van der Waals surface area contributed by atoms with Gasteiger partial charge in [-0.25, -0.2) is 0 Å². The number of amides is 1. The van der Waals surface area contributed by atoms with Gasteiger partial charge in [0.25, 0.3) is 0 Å². The van der Waals surface area contributed by atoms with Gasteiger partial charge in [0.2, 0.25) is 5.91 Å². The third kappa shape index (κ3) is 3.23. The Balaban J connectivity index is 1.33. The molecule has 2 aliphatic rings. The molecule has 0 saturated heterocycles. The Morgan fingerprint density at radius 1 is 1.25 bits per heavy atom. The summed E-state index contributed by atoms with van der Waals surface area (Å²) in [6.45, 7) is 1.80. The van der Waals surface area contributed by atoms with E-state index in [1.54, 1.807) is 4.88 Å². The van der Waals surface area contributed by atoms with Gasteiger partial charge in [-0.2, -0.15) is 0 Å². The summed E-state index contributed by atoms with van der Waals surface area (Å²) in [6, 6.07) is 2.81. The van der Waals surface area contributed by atoms with Gasteiger partial charge >= 0.3 is 0 Å². The minimum absolute atomic E-state index is 0.272. The molecule has 1 aromatic rings. The van der Waals surface area contributed by atoms with E-state index in [9.17, 15) is 4.79 Å². The van der Waals surface area contributed by atoms with Crippen molar-refractivity contribution in [3.8, 4) is 0 Å². The van der Waals surface area contributed by atoms with E-state index in [1.165, 1.54) is 31.2 Å². The number of hydrogen-bond donors (Lipinski definition) is 2. The Bertz CT molecular complexity index is 453. The van der Waals surface area contributed by atoms with Crippen molar-refractivity contribution in [1.29, 1.82) is 0 Å². The maximum atomic E-state index is 11.7. The number of carbonyl (C=O) groups is 1. The quantitative estimate of drug-likeness (QED) is 0.791. The van der Waals surface area contributed by atoms with E-state index >= 15 is 0 Å². The van der Waals surface area contributed by atoms with Gasteiger partial charge in [0.1, 0.15) is 0 Å². The Hall–Kier alpha value is -0.870. The van der Waals surface area contributed by atoms with Gasteiger partial charge in [0.15, 0.2) is 0 Å². The summed E-state index contributed by atoms with van der Waals surface area (Å²) in [4.78, 5) is 13.3. The van der Waals surface area contributed by atoms with Crippen LogP contribution in [0.15, 0.2) is 11.4 Å². The molecular weight excluding hydrogens is 268 g/mol. The van der Waals surface area contributed by atoms with E-state index < -0.39 is 0 Å². The van der Waals surface area contributed by atoms with Crippen molar-refractivity contribution in [1.82, 2.24) is 10.6 Å². The lowest BCUT2D eigenvalue weighted by Gasteiger charge is -2.25. The Labute approximate surface area is 125 Å². The molecule has 110 valence electrons. The molecule has 1 heterocycles. The van der Waals surface area contributed by atoms with Crippen molar-refractivity contribution in [2.45, 2.75) is 51.0 Å².